The van der Waals surface area contributed by atoms with Crippen LogP contribution in [0.5, 0.6) is 0 Å². The number of hydrogen-bond donors (Lipinski definition) is 7. The lowest BCUT2D eigenvalue weighted by atomic mass is 10.1. The molecule has 3 amide bonds. The Balaban J connectivity index is 0.000000211. The fourth-order valence-corrected chi connectivity index (χ4v) is 10.7. The summed E-state index contributed by atoms with van der Waals surface area (Å²) in [5.74, 6) is 0.617. The molecule has 4 aromatic heterocycles. The molecule has 4 fully saturated rings. The number of hydrogen-bond acceptors (Lipinski definition) is 13. The maximum Gasteiger partial charge on any atom is 0.253 e. The number of allylic oxidation sites excluding steroid dienone is 2. The number of aromatic amines is 2. The van der Waals surface area contributed by atoms with Gasteiger partial charge in [0.25, 0.3) is 11.8 Å². The number of H-pyrrole nitrogens is 2. The fourth-order valence-electron chi connectivity index (χ4n) is 10.4. The van der Waals surface area contributed by atoms with Gasteiger partial charge in [0.05, 0.1) is 24.5 Å². The normalized spacial score (nSPS) is 16.0. The molecule has 0 saturated carbocycles. The lowest BCUT2D eigenvalue weighted by molar-refractivity contribution is -0.112. The first kappa shape index (κ1) is 66.3. The minimum Gasteiger partial charge on any atom is -0.399 e. The molecule has 0 spiro atoms. The Morgan fingerprint density at radius 2 is 1.15 bits per heavy atom. The maximum atomic E-state index is 13.2. The van der Waals surface area contributed by atoms with Crippen LogP contribution in [0.3, 0.4) is 0 Å². The smallest absolute Gasteiger partial charge is 0.253 e. The highest BCUT2D eigenvalue weighted by Gasteiger charge is 2.30. The highest BCUT2D eigenvalue weighted by Crippen LogP contribution is 2.36. The lowest BCUT2D eigenvalue weighted by Gasteiger charge is -2.18. The van der Waals surface area contributed by atoms with Crippen LogP contribution >= 0.6 is 27.5 Å². The standard InChI is InChI=1S/C32H32N8O2.C24H21N7O.C4H4BrClO.C4H9N.2CH4/c1-33-28-20-35-32(38-30(28)26-19-34-27-8-3-2-7-25(26)27)37-24-14-18-40(21-24)31(42)22-10-12-23(13-11-22)36-29(41)9-6-17-39-15-4-5-16-39;1-26-21-13-28-24(30-22(21)19-12-27-20-5-3-2-4-18(19)20)29-17-10-11-31(14-17)23(32)15-6-8-16(25)9-7-15;5-3-1-2-4(6)7;1-2-4-5-3-1;;/h2-3,6-13,19-20,24,34H,4-5,14-18,21H2,(H,36,41)(H,35,37,38);2-9,12-13,17,27H,10-11,14,25H2,(H,28,29,30);1-2H,3H2;5H,1-4H2;2*1H4/b9-6+;;2-1+;;;/t24-;17-;;;;/m11..../s1. The Hall–Kier alpha value is -9.25. The number of aromatic nitrogens is 6. The number of nitrogens with zero attached hydrogens (tertiary/aromatic N) is 9. The number of nitrogens with one attached hydrogen (secondary N) is 6. The number of nitrogen functional groups attached to an aromatic ring is 1. The number of rotatable bonds is 14. The molecule has 8 N–H and O–H groups in total. The van der Waals surface area contributed by atoms with Crippen molar-refractivity contribution >= 4 is 107 Å². The van der Waals surface area contributed by atoms with E-state index >= 15 is 0 Å². The molecule has 22 heteroatoms. The molecular weight excluding hydrogens is 1200 g/mol. The number of likely N-dealkylation sites (tertiary alicyclic amines) is 3. The van der Waals surface area contributed by atoms with E-state index in [1.165, 1.54) is 44.8 Å². The monoisotopic (exact) mass is 1270 g/mol. The number of halogens is 2. The van der Waals surface area contributed by atoms with Crippen molar-refractivity contribution in [1.82, 2.24) is 49.9 Å². The van der Waals surface area contributed by atoms with E-state index in [1.54, 1.807) is 78.0 Å². The number of carbonyl (C=O) groups excluding carboxylic acids is 4. The second-order valence-electron chi connectivity index (χ2n) is 20.8. The van der Waals surface area contributed by atoms with Crippen molar-refractivity contribution in [3.05, 3.63) is 180 Å². The van der Waals surface area contributed by atoms with E-state index in [1.807, 2.05) is 71.9 Å². The maximum absolute atomic E-state index is 13.2. The van der Waals surface area contributed by atoms with Crippen molar-refractivity contribution in [3.8, 4) is 22.5 Å². The summed E-state index contributed by atoms with van der Waals surface area (Å²) in [6.45, 7) is 22.9. The summed E-state index contributed by atoms with van der Waals surface area (Å²) in [4.78, 5) is 85.8. The van der Waals surface area contributed by atoms with E-state index < -0.39 is 5.24 Å². The van der Waals surface area contributed by atoms with Gasteiger partial charge in [-0.2, -0.15) is 0 Å². The molecule has 88 heavy (non-hydrogen) atoms. The topological polar surface area (TPSA) is 244 Å². The van der Waals surface area contributed by atoms with E-state index in [0.717, 1.165) is 65.4 Å². The van der Waals surface area contributed by atoms with Crippen LogP contribution in [-0.2, 0) is 9.59 Å². The fraction of sp³-hybridized carbons (Fsp3) is 0.303. The van der Waals surface area contributed by atoms with Crippen LogP contribution < -0.4 is 27.0 Å². The number of fused-ring (bicyclic) bond motifs is 2. The van der Waals surface area contributed by atoms with E-state index in [9.17, 15) is 19.2 Å². The van der Waals surface area contributed by atoms with E-state index in [0.29, 0.717) is 88.7 Å². The largest absolute Gasteiger partial charge is 0.399 e. The van der Waals surface area contributed by atoms with E-state index in [-0.39, 0.29) is 44.7 Å². The molecule has 4 aliphatic rings. The van der Waals surface area contributed by atoms with Crippen molar-refractivity contribution in [3.63, 3.8) is 0 Å². The third kappa shape index (κ3) is 17.9. The van der Waals surface area contributed by atoms with Gasteiger partial charge in [-0.05, 0) is 143 Å². The van der Waals surface area contributed by atoms with Crippen LogP contribution in [0.15, 0.2) is 146 Å². The summed E-state index contributed by atoms with van der Waals surface area (Å²) < 4.78 is 0. The average Bonchev–Trinajstić information content (AvgIpc) is 2.56. The number of anilines is 4. The molecule has 0 bridgehead atoms. The molecule has 4 aromatic carbocycles. The van der Waals surface area contributed by atoms with Gasteiger partial charge in [-0.15, -0.1) is 0 Å². The second kappa shape index (κ2) is 33.0. The van der Waals surface area contributed by atoms with Crippen LogP contribution in [0.4, 0.5) is 34.6 Å². The zero-order valence-electron chi connectivity index (χ0n) is 47.3. The molecular formula is C66H74BrClN16O4. The predicted molar refractivity (Wildman–Crippen MR) is 357 cm³/mol. The minimum absolute atomic E-state index is 0. The summed E-state index contributed by atoms with van der Waals surface area (Å²) in [5.41, 5.74) is 13.8. The summed E-state index contributed by atoms with van der Waals surface area (Å²) in [5, 5.41) is 15.0. The number of benzene rings is 4. The molecule has 0 aliphatic carbocycles. The third-order valence-corrected chi connectivity index (χ3v) is 15.3. The zero-order valence-corrected chi connectivity index (χ0v) is 49.7. The van der Waals surface area contributed by atoms with Gasteiger partial charge >= 0.3 is 0 Å². The molecule has 12 rings (SSSR count). The van der Waals surface area contributed by atoms with Gasteiger partial charge < -0.3 is 46.8 Å². The number of para-hydroxylation sites is 2. The first-order valence-electron chi connectivity index (χ1n) is 28.5. The average molecular weight is 1270 g/mol. The zero-order chi connectivity index (χ0) is 60.2. The molecule has 2 atom stereocenters. The van der Waals surface area contributed by atoms with Gasteiger partial charge in [0.2, 0.25) is 34.4 Å². The first-order chi connectivity index (χ1) is 42.0. The molecule has 4 aliphatic heterocycles. The van der Waals surface area contributed by atoms with Crippen LogP contribution in [-0.4, -0.2) is 144 Å². The van der Waals surface area contributed by atoms with Crippen molar-refractivity contribution in [2.45, 2.75) is 65.5 Å². The third-order valence-electron chi connectivity index (χ3n) is 14.8. The summed E-state index contributed by atoms with van der Waals surface area (Å²) in [6, 6.07) is 29.8. The highest BCUT2D eigenvalue weighted by atomic mass is 79.9. The van der Waals surface area contributed by atoms with Crippen LogP contribution in [0, 0.1) is 13.1 Å². The SMILES string of the molecule is C.C.C1CCNC1.O=C(Cl)/C=C/CBr.[C-]#[N+]c1cnc(N[C@@H]2CCN(C(=O)c3ccc(N)cc3)C2)nc1-c1c[nH]c2ccccc12.[C-]#[N+]c1cnc(N[C@@H]2CCN(C(=O)c3ccc(NC(=O)/C=C/CN4CCCC4)cc3)C2)nc1-c1c[nH]c2ccccc12. The highest BCUT2D eigenvalue weighted by molar-refractivity contribution is 9.09. The Morgan fingerprint density at radius 1 is 0.659 bits per heavy atom. The summed E-state index contributed by atoms with van der Waals surface area (Å²) >= 11 is 7.99. The molecule has 0 radical (unpaired) electrons. The van der Waals surface area contributed by atoms with Gasteiger partial charge in [0.15, 0.2) is 0 Å². The predicted octanol–water partition coefficient (Wildman–Crippen LogP) is 12.5. The van der Waals surface area contributed by atoms with Gasteiger partial charge in [0, 0.05) is 136 Å². The minimum atomic E-state index is -0.431. The Bertz CT molecular complexity index is 3780. The number of alkyl halides is 1. The number of amides is 3. The Morgan fingerprint density at radius 3 is 1.59 bits per heavy atom. The van der Waals surface area contributed by atoms with E-state index in [2.05, 4.69) is 76.7 Å². The summed E-state index contributed by atoms with van der Waals surface area (Å²) in [6.07, 6.45) is 20.0. The molecule has 0 unspecified atom stereocenters. The Kier molecular flexibility index (Phi) is 24.9. The Labute approximate surface area is 527 Å². The van der Waals surface area contributed by atoms with Gasteiger partial charge in [-0.1, -0.05) is 79.3 Å². The van der Waals surface area contributed by atoms with Crippen molar-refractivity contribution in [1.29, 1.82) is 0 Å². The molecule has 20 nitrogen and oxygen atoms in total. The van der Waals surface area contributed by atoms with Gasteiger partial charge in [-0.25, -0.2) is 29.6 Å². The van der Waals surface area contributed by atoms with Crippen LogP contribution in [0.2, 0.25) is 0 Å². The van der Waals surface area contributed by atoms with Crippen molar-refractivity contribution < 1.29 is 19.2 Å². The van der Waals surface area contributed by atoms with E-state index in [4.69, 9.17) is 35.5 Å². The molecule has 456 valence electrons. The second-order valence-corrected chi connectivity index (χ2v) is 21.8. The number of nitrogens with two attached hydrogens (primary N) is 1. The van der Waals surface area contributed by atoms with Crippen molar-refractivity contribution in [2.75, 3.05) is 85.9 Å². The number of carbonyl (C=O) groups is 4. The van der Waals surface area contributed by atoms with Crippen molar-refractivity contribution in [2.24, 2.45) is 0 Å². The lowest BCUT2D eigenvalue weighted by Crippen LogP contribution is -2.31. The molecule has 8 heterocycles. The van der Waals surface area contributed by atoms with Gasteiger partial charge in [0.1, 0.15) is 0 Å². The summed E-state index contributed by atoms with van der Waals surface area (Å²) in [7, 11) is 0. The molecule has 4 saturated heterocycles. The van der Waals surface area contributed by atoms with Crippen LogP contribution in [0.1, 0.15) is 74.1 Å². The van der Waals surface area contributed by atoms with Gasteiger partial charge in [-0.3, -0.25) is 24.1 Å². The first-order valence-corrected chi connectivity index (χ1v) is 30.0. The molecule has 8 aromatic rings. The quantitative estimate of drug-likeness (QED) is 0.0176. The van der Waals surface area contributed by atoms with Crippen LogP contribution in [0.25, 0.3) is 54.0 Å².